The Labute approximate surface area is 189 Å². The van der Waals surface area contributed by atoms with Gasteiger partial charge in [0.15, 0.2) is 0 Å². The smallest absolute Gasteiger partial charge is 0.242 e. The van der Waals surface area contributed by atoms with Crippen molar-refractivity contribution < 1.29 is 9.59 Å². The number of nitrogens with one attached hydrogen (secondary N) is 1. The van der Waals surface area contributed by atoms with E-state index in [0.29, 0.717) is 25.9 Å². The minimum absolute atomic E-state index is 0.0214. The molecular formula is C24H31ClN2O2S. The zero-order valence-electron chi connectivity index (χ0n) is 18.0. The number of amides is 2. The maximum Gasteiger partial charge on any atom is 0.242 e. The molecule has 0 saturated carbocycles. The Kier molecular flexibility index (Phi) is 10.2. The zero-order chi connectivity index (χ0) is 21.9. The van der Waals surface area contributed by atoms with E-state index < -0.39 is 6.04 Å². The predicted octanol–water partition coefficient (Wildman–Crippen LogP) is 5.46. The van der Waals surface area contributed by atoms with Crippen molar-refractivity contribution in [1.82, 2.24) is 10.2 Å². The van der Waals surface area contributed by atoms with E-state index in [-0.39, 0.29) is 11.8 Å². The molecule has 1 N–H and O–H groups in total. The van der Waals surface area contributed by atoms with Gasteiger partial charge in [-0.2, -0.15) is 0 Å². The third kappa shape index (κ3) is 7.37. The Bertz CT molecular complexity index is 826. The molecule has 30 heavy (non-hydrogen) atoms. The lowest BCUT2D eigenvalue weighted by Gasteiger charge is -2.31. The van der Waals surface area contributed by atoms with E-state index in [9.17, 15) is 9.59 Å². The van der Waals surface area contributed by atoms with Gasteiger partial charge in [0, 0.05) is 29.4 Å². The number of hydrogen-bond acceptors (Lipinski definition) is 3. The number of aryl methyl sites for hydroxylation is 1. The molecular weight excluding hydrogens is 416 g/mol. The van der Waals surface area contributed by atoms with Crippen LogP contribution in [-0.2, 0) is 16.1 Å². The lowest BCUT2D eigenvalue weighted by Crippen LogP contribution is -2.49. The van der Waals surface area contributed by atoms with E-state index in [0.717, 1.165) is 33.2 Å². The van der Waals surface area contributed by atoms with Crippen molar-refractivity contribution >= 4 is 35.2 Å². The second-order valence-electron chi connectivity index (χ2n) is 7.17. The minimum Gasteiger partial charge on any atom is -0.355 e. The number of hydrogen-bond donors (Lipinski definition) is 1. The first kappa shape index (κ1) is 24.3. The molecule has 0 spiro atoms. The molecule has 6 heteroatoms. The fourth-order valence-electron chi connectivity index (χ4n) is 3.27. The molecule has 0 saturated heterocycles. The summed E-state index contributed by atoms with van der Waals surface area (Å²) in [4.78, 5) is 28.6. The first-order valence-electron chi connectivity index (χ1n) is 10.5. The van der Waals surface area contributed by atoms with E-state index in [2.05, 4.69) is 5.32 Å². The SMILES string of the molecule is CCNC(=O)[C@H](CC)N(Cc1ccccc1C)C(=O)CCCSc1ccc(Cl)cc1. The predicted molar refractivity (Wildman–Crippen MR) is 126 cm³/mol. The topological polar surface area (TPSA) is 49.4 Å². The normalized spacial score (nSPS) is 11.7. The highest BCUT2D eigenvalue weighted by molar-refractivity contribution is 7.99. The van der Waals surface area contributed by atoms with Crippen LogP contribution in [0, 0.1) is 6.92 Å². The molecule has 0 fully saturated rings. The summed E-state index contributed by atoms with van der Waals surface area (Å²) in [5.74, 6) is 0.773. The van der Waals surface area contributed by atoms with Crippen LogP contribution >= 0.6 is 23.4 Å². The lowest BCUT2D eigenvalue weighted by atomic mass is 10.1. The van der Waals surface area contributed by atoms with Gasteiger partial charge in [0.2, 0.25) is 11.8 Å². The average Bonchev–Trinajstić information content (AvgIpc) is 2.73. The molecule has 162 valence electrons. The Hall–Kier alpha value is -1.98. The van der Waals surface area contributed by atoms with Crippen LogP contribution in [0.3, 0.4) is 0 Å². The maximum absolute atomic E-state index is 13.1. The highest BCUT2D eigenvalue weighted by atomic mass is 35.5. The number of carbonyl (C=O) groups excluding carboxylic acids is 2. The summed E-state index contributed by atoms with van der Waals surface area (Å²) >= 11 is 7.64. The molecule has 2 rings (SSSR count). The Morgan fingerprint density at radius 3 is 2.43 bits per heavy atom. The van der Waals surface area contributed by atoms with Gasteiger partial charge in [-0.1, -0.05) is 42.8 Å². The molecule has 0 aliphatic carbocycles. The fourth-order valence-corrected chi connectivity index (χ4v) is 4.25. The van der Waals surface area contributed by atoms with Crippen LogP contribution in [0.15, 0.2) is 53.4 Å². The van der Waals surface area contributed by atoms with Gasteiger partial charge in [-0.3, -0.25) is 9.59 Å². The maximum atomic E-state index is 13.1. The van der Waals surface area contributed by atoms with Gasteiger partial charge in [0.1, 0.15) is 6.04 Å². The van der Waals surface area contributed by atoms with E-state index in [1.165, 1.54) is 0 Å². The van der Waals surface area contributed by atoms with Crippen molar-refractivity contribution in [3.63, 3.8) is 0 Å². The Morgan fingerprint density at radius 2 is 1.80 bits per heavy atom. The molecule has 0 aromatic heterocycles. The van der Waals surface area contributed by atoms with Crippen molar-refractivity contribution in [3.05, 3.63) is 64.7 Å². The number of likely N-dealkylation sites (N-methyl/N-ethyl adjacent to an activating group) is 1. The van der Waals surface area contributed by atoms with E-state index in [1.807, 2.05) is 69.3 Å². The molecule has 2 aromatic rings. The number of rotatable bonds is 11. The van der Waals surface area contributed by atoms with E-state index in [4.69, 9.17) is 11.6 Å². The van der Waals surface area contributed by atoms with Gasteiger partial charge in [-0.05, 0) is 67.8 Å². The van der Waals surface area contributed by atoms with E-state index in [1.54, 1.807) is 16.7 Å². The molecule has 4 nitrogen and oxygen atoms in total. The van der Waals surface area contributed by atoms with Crippen LogP contribution in [0.1, 0.15) is 44.2 Å². The number of nitrogens with zero attached hydrogens (tertiary/aromatic N) is 1. The molecule has 0 bridgehead atoms. The molecule has 0 aliphatic heterocycles. The first-order chi connectivity index (χ1) is 14.5. The Morgan fingerprint density at radius 1 is 1.10 bits per heavy atom. The van der Waals surface area contributed by atoms with Gasteiger partial charge in [-0.15, -0.1) is 11.8 Å². The summed E-state index contributed by atoms with van der Waals surface area (Å²) < 4.78 is 0. The number of halogens is 1. The quantitative estimate of drug-likeness (QED) is 0.368. The number of benzene rings is 2. The van der Waals surface area contributed by atoms with Crippen LogP contribution in [0.5, 0.6) is 0 Å². The van der Waals surface area contributed by atoms with Crippen molar-refractivity contribution in [2.75, 3.05) is 12.3 Å². The van der Waals surface area contributed by atoms with Crippen LogP contribution in [0.4, 0.5) is 0 Å². The van der Waals surface area contributed by atoms with E-state index >= 15 is 0 Å². The molecule has 2 amide bonds. The second kappa shape index (κ2) is 12.7. The fraction of sp³-hybridized carbons (Fsp3) is 0.417. The summed E-state index contributed by atoms with van der Waals surface area (Å²) in [6.45, 7) is 6.89. The number of thioether (sulfide) groups is 1. The van der Waals surface area contributed by atoms with Crippen molar-refractivity contribution in [2.45, 2.75) is 57.5 Å². The molecule has 2 aromatic carbocycles. The Balaban J connectivity index is 2.04. The summed E-state index contributed by atoms with van der Waals surface area (Å²) in [6.07, 6.45) is 1.76. The van der Waals surface area contributed by atoms with Gasteiger partial charge >= 0.3 is 0 Å². The van der Waals surface area contributed by atoms with Gasteiger partial charge in [-0.25, -0.2) is 0 Å². The van der Waals surface area contributed by atoms with Crippen LogP contribution in [-0.4, -0.2) is 35.1 Å². The largest absolute Gasteiger partial charge is 0.355 e. The summed E-state index contributed by atoms with van der Waals surface area (Å²) in [7, 11) is 0. The second-order valence-corrected chi connectivity index (χ2v) is 8.78. The van der Waals surface area contributed by atoms with Gasteiger partial charge in [0.25, 0.3) is 0 Å². The highest BCUT2D eigenvalue weighted by Crippen LogP contribution is 2.22. The van der Waals surface area contributed by atoms with Crippen LogP contribution in [0.2, 0.25) is 5.02 Å². The lowest BCUT2D eigenvalue weighted by molar-refractivity contribution is -0.141. The third-order valence-corrected chi connectivity index (χ3v) is 6.31. The monoisotopic (exact) mass is 446 g/mol. The molecule has 0 unspecified atom stereocenters. The third-order valence-electron chi connectivity index (χ3n) is 4.96. The van der Waals surface area contributed by atoms with Crippen molar-refractivity contribution in [2.24, 2.45) is 0 Å². The summed E-state index contributed by atoms with van der Waals surface area (Å²) in [5, 5.41) is 3.60. The molecule has 0 aliphatic rings. The molecule has 0 heterocycles. The zero-order valence-corrected chi connectivity index (χ0v) is 19.6. The molecule has 1 atom stereocenters. The van der Waals surface area contributed by atoms with Gasteiger partial charge in [0.05, 0.1) is 0 Å². The molecule has 0 radical (unpaired) electrons. The first-order valence-corrected chi connectivity index (χ1v) is 11.8. The summed E-state index contributed by atoms with van der Waals surface area (Å²) in [6, 6.07) is 15.3. The number of carbonyl (C=O) groups is 2. The van der Waals surface area contributed by atoms with Crippen molar-refractivity contribution in [3.8, 4) is 0 Å². The highest BCUT2D eigenvalue weighted by Gasteiger charge is 2.28. The van der Waals surface area contributed by atoms with Crippen LogP contribution in [0.25, 0.3) is 0 Å². The van der Waals surface area contributed by atoms with Crippen LogP contribution < -0.4 is 5.32 Å². The minimum atomic E-state index is -0.457. The average molecular weight is 447 g/mol. The van der Waals surface area contributed by atoms with Crippen molar-refractivity contribution in [1.29, 1.82) is 0 Å². The summed E-state index contributed by atoms with van der Waals surface area (Å²) in [5.41, 5.74) is 2.20. The van der Waals surface area contributed by atoms with Gasteiger partial charge < -0.3 is 10.2 Å². The standard InChI is InChI=1S/C24H31ClN2O2S/c1-4-22(24(29)26-5-2)27(17-19-10-7-6-9-18(19)3)23(28)11-8-16-30-21-14-12-20(25)13-15-21/h6-7,9-10,12-15,22H,4-5,8,11,16-17H2,1-3H3,(H,26,29)/t22-/m0/s1.